The molecule has 0 bridgehead atoms. The molecular weight excluding hydrogens is 430 g/mol. The Balaban J connectivity index is 1.44. The number of benzene rings is 3. The molecule has 0 spiro atoms. The lowest BCUT2D eigenvalue weighted by molar-refractivity contribution is -0.568. The summed E-state index contributed by atoms with van der Waals surface area (Å²) in [6.45, 7) is 0. The molecule has 5 aromatic rings. The molecular formula is C26H22N5O3+. The van der Waals surface area contributed by atoms with Crippen molar-refractivity contribution >= 4 is 17.2 Å². The highest BCUT2D eigenvalue weighted by Gasteiger charge is 2.18. The summed E-state index contributed by atoms with van der Waals surface area (Å²) in [5, 5.41) is 15.1. The maximum Gasteiger partial charge on any atom is 0.332 e. The normalized spacial score (nSPS) is 10.8. The maximum atomic E-state index is 12.8. The van der Waals surface area contributed by atoms with Crippen molar-refractivity contribution < 1.29 is 18.8 Å². The Labute approximate surface area is 195 Å². The van der Waals surface area contributed by atoms with Crippen LogP contribution < -0.4 is 19.3 Å². The number of anilines is 1. The Morgan fingerprint density at radius 2 is 1.65 bits per heavy atom. The molecule has 0 fully saturated rings. The lowest BCUT2D eigenvalue weighted by Gasteiger charge is -2.10. The van der Waals surface area contributed by atoms with Gasteiger partial charge in [0, 0.05) is 28.0 Å². The first-order chi connectivity index (χ1) is 16.7. The molecule has 0 unspecified atom stereocenters. The quantitative estimate of drug-likeness (QED) is 0.378. The largest absolute Gasteiger partial charge is 0.493 e. The Hall–Kier alpha value is -4.72. The van der Waals surface area contributed by atoms with E-state index in [1.807, 2.05) is 66.7 Å². The number of hydrogen-bond acceptors (Lipinski definition) is 5. The highest BCUT2D eigenvalue weighted by Crippen LogP contribution is 2.28. The molecule has 0 aliphatic carbocycles. The number of carbonyl (C=O) groups is 1. The number of aromatic amines is 1. The zero-order chi connectivity index (χ0) is 23.5. The number of amides is 1. The predicted molar refractivity (Wildman–Crippen MR) is 128 cm³/mol. The van der Waals surface area contributed by atoms with E-state index in [1.54, 1.807) is 29.8 Å². The third kappa shape index (κ3) is 4.04. The summed E-state index contributed by atoms with van der Waals surface area (Å²) < 4.78 is 12.3. The molecule has 1 amide bonds. The Bertz CT molecular complexity index is 1480. The third-order valence-electron chi connectivity index (χ3n) is 5.41. The van der Waals surface area contributed by atoms with Gasteiger partial charge >= 0.3 is 5.82 Å². The van der Waals surface area contributed by atoms with E-state index in [0.29, 0.717) is 22.7 Å². The van der Waals surface area contributed by atoms with Gasteiger partial charge in [0.25, 0.3) is 11.6 Å². The van der Waals surface area contributed by atoms with E-state index in [1.165, 1.54) is 7.11 Å². The number of ether oxygens (including phenoxy) is 2. The van der Waals surface area contributed by atoms with Crippen molar-refractivity contribution in [3.63, 3.8) is 0 Å². The number of nitrogens with one attached hydrogen (secondary N) is 2. The second-order valence-corrected chi connectivity index (χ2v) is 7.53. The van der Waals surface area contributed by atoms with Crippen LogP contribution in [0.2, 0.25) is 0 Å². The highest BCUT2D eigenvalue weighted by molar-refractivity contribution is 6.04. The van der Waals surface area contributed by atoms with Crippen molar-refractivity contribution in [2.75, 3.05) is 19.5 Å². The molecule has 3 aromatic carbocycles. The van der Waals surface area contributed by atoms with Gasteiger partial charge in [-0.25, -0.2) is 0 Å². The van der Waals surface area contributed by atoms with Crippen LogP contribution in [0.3, 0.4) is 0 Å². The van der Waals surface area contributed by atoms with Crippen molar-refractivity contribution in [1.82, 2.24) is 15.3 Å². The van der Waals surface area contributed by atoms with Crippen LogP contribution in [0.4, 0.5) is 5.69 Å². The van der Waals surface area contributed by atoms with E-state index in [0.717, 1.165) is 28.3 Å². The van der Waals surface area contributed by atoms with Crippen molar-refractivity contribution in [2.24, 2.45) is 0 Å². The molecule has 2 heterocycles. The number of H-pyrrole nitrogens is 1. The lowest BCUT2D eigenvalue weighted by Crippen LogP contribution is -2.27. The molecule has 0 saturated carbocycles. The standard InChI is InChI=1S/C26H21N5O3/c1-33-22-13-11-19(16-23(22)34-2)26(32)27-20-10-6-9-18(15-20)21-12-14-24-28-29-25(31(24)30-21)17-7-4-3-5-8-17/h3-16H,1-2H3,(H,27,32)/p+1. The first-order valence-electron chi connectivity index (χ1n) is 10.6. The molecule has 5 rings (SSSR count). The van der Waals surface area contributed by atoms with E-state index in [9.17, 15) is 4.79 Å². The monoisotopic (exact) mass is 452 g/mol. The van der Waals surface area contributed by atoms with Crippen molar-refractivity contribution in [3.05, 3.63) is 90.5 Å². The van der Waals surface area contributed by atoms with Gasteiger partial charge in [0.05, 0.1) is 19.8 Å². The summed E-state index contributed by atoms with van der Waals surface area (Å²) in [5.74, 6) is 1.52. The van der Waals surface area contributed by atoms with Crippen LogP contribution in [0.1, 0.15) is 10.4 Å². The summed E-state index contributed by atoms with van der Waals surface area (Å²) in [5.41, 5.74) is 4.46. The minimum absolute atomic E-state index is 0.253. The molecule has 2 N–H and O–H groups in total. The van der Waals surface area contributed by atoms with Gasteiger partial charge in [-0.05, 0) is 48.5 Å². The summed E-state index contributed by atoms with van der Waals surface area (Å²) in [6, 6.07) is 26.3. The third-order valence-corrected chi connectivity index (χ3v) is 5.41. The zero-order valence-corrected chi connectivity index (χ0v) is 18.6. The van der Waals surface area contributed by atoms with E-state index in [-0.39, 0.29) is 5.91 Å². The molecule has 0 saturated heterocycles. The van der Waals surface area contributed by atoms with Gasteiger partial charge in [-0.1, -0.05) is 34.8 Å². The van der Waals surface area contributed by atoms with E-state index in [2.05, 4.69) is 15.5 Å². The van der Waals surface area contributed by atoms with Crippen LogP contribution in [-0.2, 0) is 0 Å². The summed E-state index contributed by atoms with van der Waals surface area (Å²) in [7, 11) is 3.09. The molecule has 2 aromatic heterocycles. The van der Waals surface area contributed by atoms with Crippen molar-refractivity contribution in [1.29, 1.82) is 0 Å². The number of methoxy groups -OCH3 is 2. The molecule has 34 heavy (non-hydrogen) atoms. The van der Waals surface area contributed by atoms with Crippen molar-refractivity contribution in [2.45, 2.75) is 0 Å². The van der Waals surface area contributed by atoms with Gasteiger partial charge in [-0.15, -0.1) is 10.2 Å². The molecule has 0 atom stereocenters. The average Bonchev–Trinajstić information content (AvgIpc) is 3.32. The number of hydrogen-bond donors (Lipinski definition) is 2. The van der Waals surface area contributed by atoms with Gasteiger partial charge in [-0.3, -0.25) is 4.79 Å². The van der Waals surface area contributed by atoms with Gasteiger partial charge < -0.3 is 14.8 Å². The first-order valence-corrected chi connectivity index (χ1v) is 10.6. The van der Waals surface area contributed by atoms with Crippen LogP contribution in [0.5, 0.6) is 11.5 Å². The molecule has 168 valence electrons. The number of fused-ring (bicyclic) bond motifs is 1. The fourth-order valence-corrected chi connectivity index (χ4v) is 3.69. The van der Waals surface area contributed by atoms with Gasteiger partial charge in [-0.2, -0.15) is 0 Å². The highest BCUT2D eigenvalue weighted by atomic mass is 16.5. The number of nitrogens with zero attached hydrogens (tertiary/aromatic N) is 3. The van der Waals surface area contributed by atoms with Crippen LogP contribution >= 0.6 is 0 Å². The number of aromatic nitrogens is 4. The van der Waals surface area contributed by atoms with E-state index >= 15 is 0 Å². The molecule has 0 aliphatic rings. The Morgan fingerprint density at radius 3 is 2.44 bits per heavy atom. The molecule has 0 aliphatic heterocycles. The first kappa shape index (κ1) is 21.1. The minimum Gasteiger partial charge on any atom is -0.493 e. The summed E-state index contributed by atoms with van der Waals surface area (Å²) in [6.07, 6.45) is 0. The lowest BCUT2D eigenvalue weighted by atomic mass is 10.1. The van der Waals surface area contributed by atoms with E-state index in [4.69, 9.17) is 14.6 Å². The maximum absolute atomic E-state index is 12.8. The molecule has 8 nitrogen and oxygen atoms in total. The number of carbonyl (C=O) groups excluding carboxylic acids is 1. The molecule has 8 heteroatoms. The second kappa shape index (κ2) is 9.03. The Kier molecular flexibility index (Phi) is 5.61. The van der Waals surface area contributed by atoms with Crippen molar-refractivity contribution in [3.8, 4) is 34.1 Å². The average molecular weight is 452 g/mol. The van der Waals surface area contributed by atoms with Crippen LogP contribution in [0, 0.1) is 0 Å². The smallest absolute Gasteiger partial charge is 0.332 e. The fraction of sp³-hybridized carbons (Fsp3) is 0.0769. The summed E-state index contributed by atoms with van der Waals surface area (Å²) in [4.78, 5) is 12.8. The number of rotatable bonds is 6. The zero-order valence-electron chi connectivity index (χ0n) is 18.6. The van der Waals surface area contributed by atoms with Crippen LogP contribution in [-0.4, -0.2) is 35.4 Å². The molecule has 0 radical (unpaired) electrons. The Morgan fingerprint density at radius 1 is 0.853 bits per heavy atom. The van der Waals surface area contributed by atoms with Crippen LogP contribution in [0.15, 0.2) is 84.9 Å². The van der Waals surface area contributed by atoms with E-state index < -0.39 is 0 Å². The predicted octanol–water partition coefficient (Wildman–Crippen LogP) is 4.15. The van der Waals surface area contributed by atoms with Gasteiger partial charge in [0.1, 0.15) is 5.69 Å². The topological polar surface area (TPSA) is 93.2 Å². The van der Waals surface area contributed by atoms with Gasteiger partial charge in [0.15, 0.2) is 11.5 Å². The van der Waals surface area contributed by atoms with Gasteiger partial charge in [0.2, 0.25) is 0 Å². The SMILES string of the molecule is COc1ccc(C(=O)Nc2cccc(-c3ccc4[nH]nc(-c5ccccc5)[n+]4n3)c2)cc1OC. The second-order valence-electron chi connectivity index (χ2n) is 7.53. The summed E-state index contributed by atoms with van der Waals surface area (Å²) >= 11 is 0. The fourth-order valence-electron chi connectivity index (χ4n) is 3.69. The van der Waals surface area contributed by atoms with Crippen LogP contribution in [0.25, 0.3) is 28.3 Å². The minimum atomic E-state index is -0.253.